The molecule has 0 aromatic heterocycles. The Labute approximate surface area is 103 Å². The van der Waals surface area contributed by atoms with Gasteiger partial charge >= 0.3 is 0 Å². The SMILES string of the molecule is CC(N)(c1ccccc1F)C(F)(F)COCC#N. The van der Waals surface area contributed by atoms with Crippen molar-refractivity contribution in [1.29, 1.82) is 5.26 Å². The molecule has 2 N–H and O–H groups in total. The van der Waals surface area contributed by atoms with Gasteiger partial charge in [0.2, 0.25) is 0 Å². The first-order chi connectivity index (χ1) is 8.33. The Balaban J connectivity index is 2.98. The molecule has 1 rings (SSSR count). The second-order valence-electron chi connectivity index (χ2n) is 4.04. The maximum Gasteiger partial charge on any atom is 0.292 e. The van der Waals surface area contributed by atoms with E-state index in [4.69, 9.17) is 11.0 Å². The molecule has 0 heterocycles. The third-order valence-corrected chi connectivity index (χ3v) is 2.64. The Bertz CT molecular complexity index is 455. The van der Waals surface area contributed by atoms with E-state index >= 15 is 0 Å². The topological polar surface area (TPSA) is 59.0 Å². The molecule has 0 amide bonds. The lowest BCUT2D eigenvalue weighted by molar-refractivity contribution is -0.123. The van der Waals surface area contributed by atoms with E-state index in [-0.39, 0.29) is 5.56 Å². The van der Waals surface area contributed by atoms with Crippen molar-refractivity contribution in [3.8, 4) is 6.07 Å². The minimum Gasteiger partial charge on any atom is -0.360 e. The number of halogens is 3. The van der Waals surface area contributed by atoms with Gasteiger partial charge in [-0.1, -0.05) is 18.2 Å². The van der Waals surface area contributed by atoms with E-state index in [1.165, 1.54) is 18.2 Å². The van der Waals surface area contributed by atoms with E-state index in [0.29, 0.717) is 0 Å². The van der Waals surface area contributed by atoms with Gasteiger partial charge in [-0.3, -0.25) is 0 Å². The van der Waals surface area contributed by atoms with Gasteiger partial charge in [-0.15, -0.1) is 0 Å². The summed E-state index contributed by atoms with van der Waals surface area (Å²) in [7, 11) is 0. The summed E-state index contributed by atoms with van der Waals surface area (Å²) in [5, 5.41) is 8.22. The standard InChI is InChI=1S/C12H13F3N2O/c1-11(17,9-4-2-3-5-10(9)13)12(14,15)8-18-7-6-16/h2-5H,7-8,17H2,1H3. The summed E-state index contributed by atoms with van der Waals surface area (Å²) in [5.74, 6) is -4.30. The molecular weight excluding hydrogens is 245 g/mol. The van der Waals surface area contributed by atoms with Crippen LogP contribution in [-0.2, 0) is 10.3 Å². The Hall–Kier alpha value is -1.58. The molecule has 18 heavy (non-hydrogen) atoms. The van der Waals surface area contributed by atoms with Gasteiger partial charge in [0.05, 0.1) is 6.07 Å². The van der Waals surface area contributed by atoms with Crippen molar-refractivity contribution in [2.75, 3.05) is 13.2 Å². The Morgan fingerprint density at radius 2 is 2.00 bits per heavy atom. The summed E-state index contributed by atoms with van der Waals surface area (Å²) >= 11 is 0. The molecule has 0 saturated carbocycles. The van der Waals surface area contributed by atoms with Crippen LogP contribution in [0.15, 0.2) is 24.3 Å². The lowest BCUT2D eigenvalue weighted by Gasteiger charge is -2.34. The predicted molar refractivity (Wildman–Crippen MR) is 59.3 cm³/mol. The lowest BCUT2D eigenvalue weighted by atomic mass is 9.86. The maximum absolute atomic E-state index is 13.9. The fourth-order valence-electron chi connectivity index (χ4n) is 1.45. The van der Waals surface area contributed by atoms with E-state index in [2.05, 4.69) is 4.74 Å². The number of hydrogen-bond donors (Lipinski definition) is 1. The number of alkyl halides is 2. The van der Waals surface area contributed by atoms with E-state index in [1.54, 1.807) is 6.07 Å². The van der Waals surface area contributed by atoms with Gasteiger partial charge < -0.3 is 10.5 Å². The highest BCUT2D eigenvalue weighted by Crippen LogP contribution is 2.36. The van der Waals surface area contributed by atoms with Crippen LogP contribution in [0.4, 0.5) is 13.2 Å². The third kappa shape index (κ3) is 2.81. The van der Waals surface area contributed by atoms with Crippen molar-refractivity contribution < 1.29 is 17.9 Å². The van der Waals surface area contributed by atoms with Crippen LogP contribution in [0.5, 0.6) is 0 Å². The summed E-state index contributed by atoms with van der Waals surface area (Å²) in [4.78, 5) is 0. The number of nitrogens with two attached hydrogens (primary N) is 1. The normalized spacial score (nSPS) is 14.9. The van der Waals surface area contributed by atoms with Crippen LogP contribution in [-0.4, -0.2) is 19.1 Å². The fourth-order valence-corrected chi connectivity index (χ4v) is 1.45. The van der Waals surface area contributed by atoms with E-state index in [0.717, 1.165) is 13.0 Å². The molecule has 1 aromatic rings. The highest BCUT2D eigenvalue weighted by molar-refractivity contribution is 5.27. The van der Waals surface area contributed by atoms with Crippen molar-refractivity contribution in [2.45, 2.75) is 18.4 Å². The molecule has 98 valence electrons. The van der Waals surface area contributed by atoms with Crippen molar-refractivity contribution in [3.63, 3.8) is 0 Å². The number of benzene rings is 1. The smallest absolute Gasteiger partial charge is 0.292 e. The molecule has 6 heteroatoms. The van der Waals surface area contributed by atoms with Crippen LogP contribution in [0.2, 0.25) is 0 Å². The fraction of sp³-hybridized carbons (Fsp3) is 0.417. The third-order valence-electron chi connectivity index (χ3n) is 2.64. The van der Waals surface area contributed by atoms with Crippen molar-refractivity contribution >= 4 is 0 Å². The predicted octanol–water partition coefficient (Wildman–Crippen LogP) is 2.18. The van der Waals surface area contributed by atoms with Gasteiger partial charge in [-0.25, -0.2) is 13.2 Å². The number of rotatable bonds is 5. The van der Waals surface area contributed by atoms with Gasteiger partial charge in [-0.05, 0) is 13.0 Å². The molecule has 0 saturated heterocycles. The van der Waals surface area contributed by atoms with Crippen molar-refractivity contribution in [1.82, 2.24) is 0 Å². The largest absolute Gasteiger partial charge is 0.360 e. The first kappa shape index (κ1) is 14.5. The van der Waals surface area contributed by atoms with Gasteiger partial charge in [0.1, 0.15) is 24.6 Å². The first-order valence-corrected chi connectivity index (χ1v) is 5.19. The zero-order valence-electron chi connectivity index (χ0n) is 9.79. The molecular formula is C12H13F3N2O. The number of hydrogen-bond acceptors (Lipinski definition) is 3. The zero-order valence-corrected chi connectivity index (χ0v) is 9.79. The molecule has 0 spiro atoms. The monoisotopic (exact) mass is 258 g/mol. The molecule has 0 aliphatic rings. The van der Waals surface area contributed by atoms with E-state index in [1.807, 2.05) is 0 Å². The van der Waals surface area contributed by atoms with Crippen LogP contribution in [0.1, 0.15) is 12.5 Å². The molecule has 0 bridgehead atoms. The minimum atomic E-state index is -3.49. The summed E-state index contributed by atoms with van der Waals surface area (Å²) in [6.07, 6.45) is 0. The summed E-state index contributed by atoms with van der Waals surface area (Å²) in [6.45, 7) is -0.480. The molecule has 0 aliphatic carbocycles. The van der Waals surface area contributed by atoms with Crippen LogP contribution in [0.25, 0.3) is 0 Å². The van der Waals surface area contributed by atoms with Crippen molar-refractivity contribution in [3.05, 3.63) is 35.6 Å². The Kier molecular flexibility index (Phi) is 4.33. The zero-order chi connectivity index (χ0) is 13.8. The van der Waals surface area contributed by atoms with E-state index in [9.17, 15) is 13.2 Å². The molecule has 0 fully saturated rings. The highest BCUT2D eigenvalue weighted by atomic mass is 19.3. The molecule has 1 unspecified atom stereocenters. The minimum absolute atomic E-state index is 0.296. The number of nitriles is 1. The molecule has 3 nitrogen and oxygen atoms in total. The van der Waals surface area contributed by atoms with Crippen LogP contribution in [0, 0.1) is 17.1 Å². The summed E-state index contributed by atoms with van der Waals surface area (Å²) in [6, 6.07) is 6.65. The van der Waals surface area contributed by atoms with Gasteiger partial charge in [-0.2, -0.15) is 5.26 Å². The highest BCUT2D eigenvalue weighted by Gasteiger charge is 2.50. The summed E-state index contributed by atoms with van der Waals surface area (Å²) < 4.78 is 45.7. The lowest BCUT2D eigenvalue weighted by Crippen LogP contribution is -2.53. The van der Waals surface area contributed by atoms with Crippen molar-refractivity contribution in [2.24, 2.45) is 5.73 Å². The quantitative estimate of drug-likeness (QED) is 0.823. The second kappa shape index (κ2) is 5.38. The van der Waals surface area contributed by atoms with Crippen LogP contribution >= 0.6 is 0 Å². The molecule has 0 radical (unpaired) electrons. The van der Waals surface area contributed by atoms with Crippen LogP contribution in [0.3, 0.4) is 0 Å². The first-order valence-electron chi connectivity index (χ1n) is 5.19. The summed E-state index contributed by atoms with van der Waals surface area (Å²) in [5.41, 5.74) is 3.04. The maximum atomic E-state index is 13.9. The van der Waals surface area contributed by atoms with Crippen LogP contribution < -0.4 is 5.73 Å². The second-order valence-corrected chi connectivity index (χ2v) is 4.04. The van der Waals surface area contributed by atoms with Gasteiger partial charge in [0, 0.05) is 5.56 Å². The number of nitrogens with zero attached hydrogens (tertiary/aromatic N) is 1. The van der Waals surface area contributed by atoms with E-state index < -0.39 is 30.5 Å². The number of ether oxygens (including phenoxy) is 1. The molecule has 1 atom stereocenters. The van der Waals surface area contributed by atoms with Gasteiger partial charge in [0.15, 0.2) is 0 Å². The average molecular weight is 258 g/mol. The Morgan fingerprint density at radius 1 is 1.39 bits per heavy atom. The Morgan fingerprint density at radius 3 is 2.56 bits per heavy atom. The average Bonchev–Trinajstić information content (AvgIpc) is 2.29. The molecule has 1 aromatic carbocycles. The van der Waals surface area contributed by atoms with Gasteiger partial charge in [0.25, 0.3) is 5.92 Å². The molecule has 0 aliphatic heterocycles.